The fraction of sp³-hybridized carbons (Fsp3) is 0.500. The summed E-state index contributed by atoms with van der Waals surface area (Å²) in [6.07, 6.45) is 2.09. The third kappa shape index (κ3) is 2.14. The zero-order valence-corrected chi connectivity index (χ0v) is 10.9. The lowest BCUT2D eigenvalue weighted by Gasteiger charge is -2.15. The van der Waals surface area contributed by atoms with Gasteiger partial charge in [-0.2, -0.15) is 0 Å². The molecular weight excluding hydrogens is 286 g/mol. The zero-order chi connectivity index (χ0) is 11.9. The minimum absolute atomic E-state index is 0.0458. The van der Waals surface area contributed by atoms with Crippen LogP contribution in [-0.2, 0) is 6.54 Å². The normalized spacial score (nSPS) is 19.4. The first-order valence-corrected chi connectivity index (χ1v) is 6.46. The van der Waals surface area contributed by atoms with Crippen LogP contribution >= 0.6 is 15.9 Å². The van der Waals surface area contributed by atoms with Gasteiger partial charge >= 0.3 is 0 Å². The van der Waals surface area contributed by atoms with Crippen molar-refractivity contribution >= 4 is 15.9 Å². The fourth-order valence-corrected chi connectivity index (χ4v) is 2.38. The van der Waals surface area contributed by atoms with E-state index in [2.05, 4.69) is 21.2 Å². The highest BCUT2D eigenvalue weighted by atomic mass is 79.9. The number of hydrogen-bond donors (Lipinski definition) is 2. The van der Waals surface area contributed by atoms with Crippen molar-refractivity contribution in [1.29, 1.82) is 0 Å². The molecule has 1 heterocycles. The average molecular weight is 300 g/mol. The van der Waals surface area contributed by atoms with Gasteiger partial charge in [-0.25, -0.2) is 0 Å². The van der Waals surface area contributed by atoms with Gasteiger partial charge in [-0.3, -0.25) is 0 Å². The molecule has 0 saturated heterocycles. The number of ether oxygens (including phenoxy) is 2. The summed E-state index contributed by atoms with van der Waals surface area (Å²) < 4.78 is 11.7. The Kier molecular flexibility index (Phi) is 2.77. The summed E-state index contributed by atoms with van der Waals surface area (Å²) in [6, 6.07) is 3.91. The van der Waals surface area contributed by atoms with Crippen molar-refractivity contribution in [3.8, 4) is 11.5 Å². The number of hydrogen-bond acceptors (Lipinski definition) is 4. The van der Waals surface area contributed by atoms with E-state index in [0.717, 1.165) is 40.9 Å². The first-order chi connectivity index (χ1) is 8.22. The second-order valence-corrected chi connectivity index (χ2v) is 5.44. The van der Waals surface area contributed by atoms with Gasteiger partial charge < -0.3 is 19.9 Å². The van der Waals surface area contributed by atoms with Gasteiger partial charge in [-0.1, -0.05) is 15.9 Å². The zero-order valence-electron chi connectivity index (χ0n) is 9.33. The predicted molar refractivity (Wildman–Crippen MR) is 66.2 cm³/mol. The minimum Gasteiger partial charge on any atom is -0.454 e. The molecule has 1 fully saturated rings. The van der Waals surface area contributed by atoms with Gasteiger partial charge in [0.15, 0.2) is 11.5 Å². The molecule has 2 N–H and O–H groups in total. The topological polar surface area (TPSA) is 50.7 Å². The van der Waals surface area contributed by atoms with Crippen LogP contribution in [0.5, 0.6) is 11.5 Å². The number of benzene rings is 1. The van der Waals surface area contributed by atoms with Crippen LogP contribution in [0.3, 0.4) is 0 Å². The number of nitrogens with one attached hydrogen (secondary N) is 1. The summed E-state index contributed by atoms with van der Waals surface area (Å²) in [5, 5.41) is 12.6. The Bertz CT molecular complexity index is 446. The van der Waals surface area contributed by atoms with E-state index in [4.69, 9.17) is 9.47 Å². The molecular formula is C12H14BrNO3. The Labute approximate surface area is 108 Å². The van der Waals surface area contributed by atoms with E-state index in [0.29, 0.717) is 6.79 Å². The number of aliphatic hydroxyl groups is 1. The summed E-state index contributed by atoms with van der Waals surface area (Å²) in [7, 11) is 0. The molecule has 4 nitrogen and oxygen atoms in total. The Morgan fingerprint density at radius 3 is 2.65 bits per heavy atom. The Hall–Kier alpha value is -0.780. The van der Waals surface area contributed by atoms with E-state index >= 15 is 0 Å². The van der Waals surface area contributed by atoms with E-state index in [1.165, 1.54) is 0 Å². The molecule has 0 radical (unpaired) electrons. The molecule has 1 aliphatic carbocycles. The number of halogens is 1. The standard InChI is InChI=1S/C12H14BrNO3/c13-9-4-11-10(16-7-17-11)3-8(9)5-14-12(6-15)1-2-12/h3-4,14-15H,1-2,5-7H2. The smallest absolute Gasteiger partial charge is 0.231 e. The number of aliphatic hydroxyl groups excluding tert-OH is 1. The maximum atomic E-state index is 9.24. The molecule has 0 spiro atoms. The van der Waals surface area contributed by atoms with E-state index < -0.39 is 0 Å². The lowest BCUT2D eigenvalue weighted by Crippen LogP contribution is -2.34. The molecule has 1 saturated carbocycles. The summed E-state index contributed by atoms with van der Waals surface area (Å²) in [4.78, 5) is 0. The van der Waals surface area contributed by atoms with E-state index in [-0.39, 0.29) is 12.1 Å². The molecule has 1 aliphatic heterocycles. The van der Waals surface area contributed by atoms with Crippen LogP contribution in [0.25, 0.3) is 0 Å². The van der Waals surface area contributed by atoms with Crippen molar-refractivity contribution < 1.29 is 14.6 Å². The third-order valence-corrected chi connectivity index (χ3v) is 4.09. The van der Waals surface area contributed by atoms with Crippen molar-refractivity contribution in [3.05, 3.63) is 22.2 Å². The van der Waals surface area contributed by atoms with Gasteiger partial charge in [0.05, 0.1) is 6.61 Å². The Morgan fingerprint density at radius 2 is 2.00 bits per heavy atom. The highest BCUT2D eigenvalue weighted by Gasteiger charge is 2.41. The summed E-state index contributed by atoms with van der Waals surface area (Å²) in [5.74, 6) is 1.57. The first-order valence-electron chi connectivity index (χ1n) is 5.66. The van der Waals surface area contributed by atoms with E-state index in [1.54, 1.807) is 0 Å². The van der Waals surface area contributed by atoms with Crippen molar-refractivity contribution in [1.82, 2.24) is 5.32 Å². The maximum Gasteiger partial charge on any atom is 0.231 e. The van der Waals surface area contributed by atoms with Gasteiger partial charge in [0, 0.05) is 16.6 Å². The van der Waals surface area contributed by atoms with Gasteiger partial charge in [-0.15, -0.1) is 0 Å². The largest absolute Gasteiger partial charge is 0.454 e. The van der Waals surface area contributed by atoms with Gasteiger partial charge in [0.2, 0.25) is 6.79 Å². The summed E-state index contributed by atoms with van der Waals surface area (Å²) >= 11 is 3.52. The molecule has 0 aromatic heterocycles. The van der Waals surface area contributed by atoms with Gasteiger partial charge in [0.1, 0.15) is 0 Å². The third-order valence-electron chi connectivity index (χ3n) is 3.35. The first kappa shape index (κ1) is 11.3. The van der Waals surface area contributed by atoms with Crippen LogP contribution in [-0.4, -0.2) is 24.0 Å². The Morgan fingerprint density at radius 1 is 1.29 bits per heavy atom. The molecule has 17 heavy (non-hydrogen) atoms. The highest BCUT2D eigenvalue weighted by Crippen LogP contribution is 2.38. The molecule has 3 rings (SSSR count). The lowest BCUT2D eigenvalue weighted by molar-refractivity contribution is 0.174. The second kappa shape index (κ2) is 4.15. The lowest BCUT2D eigenvalue weighted by atomic mass is 10.2. The SMILES string of the molecule is OCC1(NCc2cc3c(cc2Br)OCO3)CC1. The van der Waals surface area contributed by atoms with Crippen LogP contribution in [0.4, 0.5) is 0 Å². The van der Waals surface area contributed by atoms with Crippen LogP contribution < -0.4 is 14.8 Å². The predicted octanol–water partition coefficient (Wildman–Crippen LogP) is 1.79. The quantitative estimate of drug-likeness (QED) is 0.890. The van der Waals surface area contributed by atoms with Gasteiger partial charge in [-0.05, 0) is 30.5 Å². The van der Waals surface area contributed by atoms with Crippen molar-refractivity contribution in [2.75, 3.05) is 13.4 Å². The van der Waals surface area contributed by atoms with Crippen LogP contribution in [0, 0.1) is 0 Å². The van der Waals surface area contributed by atoms with Crippen LogP contribution in [0.1, 0.15) is 18.4 Å². The van der Waals surface area contributed by atoms with Crippen molar-refractivity contribution in [3.63, 3.8) is 0 Å². The molecule has 92 valence electrons. The van der Waals surface area contributed by atoms with E-state index in [9.17, 15) is 5.11 Å². The monoisotopic (exact) mass is 299 g/mol. The molecule has 1 aromatic rings. The van der Waals surface area contributed by atoms with Gasteiger partial charge in [0.25, 0.3) is 0 Å². The second-order valence-electron chi connectivity index (χ2n) is 4.59. The van der Waals surface area contributed by atoms with E-state index in [1.807, 2.05) is 12.1 Å². The molecule has 0 bridgehead atoms. The Balaban J connectivity index is 1.74. The summed E-state index contributed by atoms with van der Waals surface area (Å²) in [5.41, 5.74) is 1.07. The molecule has 0 amide bonds. The molecule has 1 aromatic carbocycles. The molecule has 5 heteroatoms. The fourth-order valence-electron chi connectivity index (χ4n) is 1.92. The minimum atomic E-state index is -0.0458. The molecule has 0 atom stereocenters. The summed E-state index contributed by atoms with van der Waals surface area (Å²) in [6.45, 7) is 1.21. The number of rotatable bonds is 4. The van der Waals surface area contributed by atoms with Crippen molar-refractivity contribution in [2.24, 2.45) is 0 Å². The maximum absolute atomic E-state index is 9.24. The molecule has 0 unspecified atom stereocenters. The van der Waals surface area contributed by atoms with Crippen LogP contribution in [0.2, 0.25) is 0 Å². The number of fused-ring (bicyclic) bond motifs is 1. The molecule has 2 aliphatic rings. The van der Waals surface area contributed by atoms with Crippen molar-refractivity contribution in [2.45, 2.75) is 24.9 Å². The highest BCUT2D eigenvalue weighted by molar-refractivity contribution is 9.10. The average Bonchev–Trinajstić information content (AvgIpc) is 2.98. The van der Waals surface area contributed by atoms with Crippen LogP contribution in [0.15, 0.2) is 16.6 Å².